The zero-order valence-electron chi connectivity index (χ0n) is 6.87. The largest absolute Gasteiger partial charge is 0.345 e. The molecule has 0 radical (unpaired) electrons. The van der Waals surface area contributed by atoms with Crippen molar-refractivity contribution in [3.63, 3.8) is 0 Å². The van der Waals surface area contributed by atoms with E-state index in [1.54, 1.807) is 6.08 Å². The molecule has 2 N–H and O–H groups in total. The molecule has 64 valence electrons. The molecule has 1 aromatic rings. The van der Waals surface area contributed by atoms with E-state index >= 15 is 0 Å². The standard InChI is InChI=1S/C8H11N3O/c1-3-6(2)11-8(12)7-4-9-5-10-7/h3-6H,1H2,2H3,(H,9,10)(H,11,12). The van der Waals surface area contributed by atoms with Crippen LogP contribution in [0.3, 0.4) is 0 Å². The summed E-state index contributed by atoms with van der Waals surface area (Å²) in [5.41, 5.74) is 0.462. The highest BCUT2D eigenvalue weighted by Crippen LogP contribution is 1.92. The van der Waals surface area contributed by atoms with E-state index in [-0.39, 0.29) is 11.9 Å². The second-order valence-corrected chi connectivity index (χ2v) is 2.46. The van der Waals surface area contributed by atoms with Gasteiger partial charge in [-0.1, -0.05) is 6.08 Å². The molecule has 0 fully saturated rings. The molecule has 0 saturated heterocycles. The predicted molar refractivity (Wildman–Crippen MR) is 45.7 cm³/mol. The zero-order valence-corrected chi connectivity index (χ0v) is 6.87. The quantitative estimate of drug-likeness (QED) is 0.648. The number of imidazole rings is 1. The third kappa shape index (κ3) is 1.95. The first-order valence-corrected chi connectivity index (χ1v) is 3.66. The van der Waals surface area contributed by atoms with Gasteiger partial charge in [0.1, 0.15) is 5.69 Å². The molecule has 1 atom stereocenters. The maximum Gasteiger partial charge on any atom is 0.269 e. The first-order valence-electron chi connectivity index (χ1n) is 3.66. The molecule has 4 heteroatoms. The fourth-order valence-corrected chi connectivity index (χ4v) is 0.724. The number of rotatable bonds is 3. The number of nitrogens with one attached hydrogen (secondary N) is 2. The molecule has 1 aromatic heterocycles. The van der Waals surface area contributed by atoms with Crippen LogP contribution in [0.15, 0.2) is 25.2 Å². The van der Waals surface area contributed by atoms with Gasteiger partial charge < -0.3 is 10.3 Å². The predicted octanol–water partition coefficient (Wildman–Crippen LogP) is 0.714. The maximum atomic E-state index is 11.2. The number of aromatic amines is 1. The first-order chi connectivity index (χ1) is 5.74. The van der Waals surface area contributed by atoms with Gasteiger partial charge in [-0.25, -0.2) is 4.98 Å². The van der Waals surface area contributed by atoms with E-state index < -0.39 is 0 Å². The van der Waals surface area contributed by atoms with Crippen LogP contribution in [0.4, 0.5) is 0 Å². The maximum absolute atomic E-state index is 11.2. The van der Waals surface area contributed by atoms with Crippen molar-refractivity contribution in [3.05, 3.63) is 30.9 Å². The highest BCUT2D eigenvalue weighted by Gasteiger charge is 2.07. The lowest BCUT2D eigenvalue weighted by Gasteiger charge is -2.06. The van der Waals surface area contributed by atoms with E-state index in [2.05, 4.69) is 21.9 Å². The second kappa shape index (κ2) is 3.71. The van der Waals surface area contributed by atoms with Crippen molar-refractivity contribution in [1.82, 2.24) is 15.3 Å². The summed E-state index contributed by atoms with van der Waals surface area (Å²) in [4.78, 5) is 17.7. The Morgan fingerprint density at radius 2 is 2.67 bits per heavy atom. The zero-order chi connectivity index (χ0) is 8.97. The van der Waals surface area contributed by atoms with Crippen LogP contribution in [0.2, 0.25) is 0 Å². The lowest BCUT2D eigenvalue weighted by molar-refractivity contribution is 0.0942. The van der Waals surface area contributed by atoms with Crippen LogP contribution in [0.1, 0.15) is 17.4 Å². The Morgan fingerprint density at radius 3 is 3.17 bits per heavy atom. The topological polar surface area (TPSA) is 57.8 Å². The molecule has 1 rings (SSSR count). The summed E-state index contributed by atoms with van der Waals surface area (Å²) in [6.07, 6.45) is 4.60. The average Bonchev–Trinajstić information content (AvgIpc) is 2.56. The molecule has 1 heterocycles. The molecule has 0 aliphatic rings. The van der Waals surface area contributed by atoms with Crippen molar-refractivity contribution in [2.45, 2.75) is 13.0 Å². The fraction of sp³-hybridized carbons (Fsp3) is 0.250. The van der Waals surface area contributed by atoms with Crippen molar-refractivity contribution >= 4 is 5.91 Å². The molecule has 4 nitrogen and oxygen atoms in total. The minimum absolute atomic E-state index is 0.0270. The number of carbonyl (C=O) groups is 1. The van der Waals surface area contributed by atoms with Gasteiger partial charge in [0.2, 0.25) is 0 Å². The lowest BCUT2D eigenvalue weighted by Crippen LogP contribution is -2.31. The summed E-state index contributed by atoms with van der Waals surface area (Å²) in [6, 6.07) is -0.0270. The van der Waals surface area contributed by atoms with E-state index in [0.717, 1.165) is 0 Å². The van der Waals surface area contributed by atoms with Gasteiger partial charge in [-0.3, -0.25) is 4.79 Å². The molecule has 12 heavy (non-hydrogen) atoms. The average molecular weight is 165 g/mol. The van der Waals surface area contributed by atoms with Crippen LogP contribution in [0.5, 0.6) is 0 Å². The van der Waals surface area contributed by atoms with Gasteiger partial charge in [0.05, 0.1) is 12.5 Å². The van der Waals surface area contributed by atoms with E-state index in [1.165, 1.54) is 12.5 Å². The van der Waals surface area contributed by atoms with Crippen LogP contribution in [-0.4, -0.2) is 21.9 Å². The third-order valence-corrected chi connectivity index (χ3v) is 1.46. The molecule has 0 bridgehead atoms. The van der Waals surface area contributed by atoms with Crippen LogP contribution < -0.4 is 5.32 Å². The molecule has 0 saturated carbocycles. The highest BCUT2D eigenvalue weighted by molar-refractivity contribution is 5.92. The molecule has 0 spiro atoms. The van der Waals surface area contributed by atoms with Gasteiger partial charge in [-0.2, -0.15) is 0 Å². The summed E-state index contributed by atoms with van der Waals surface area (Å²) in [7, 11) is 0. The van der Waals surface area contributed by atoms with Crippen LogP contribution in [-0.2, 0) is 0 Å². The highest BCUT2D eigenvalue weighted by atomic mass is 16.1. The summed E-state index contributed by atoms with van der Waals surface area (Å²) in [6.45, 7) is 5.40. The minimum atomic E-state index is -0.167. The number of nitrogens with zero attached hydrogens (tertiary/aromatic N) is 1. The Balaban J connectivity index is 2.55. The Labute approximate surface area is 70.7 Å². The second-order valence-electron chi connectivity index (χ2n) is 2.46. The monoisotopic (exact) mass is 165 g/mol. The summed E-state index contributed by atoms with van der Waals surface area (Å²) < 4.78 is 0. The van der Waals surface area contributed by atoms with Crippen molar-refractivity contribution in [2.24, 2.45) is 0 Å². The number of carbonyl (C=O) groups excluding carboxylic acids is 1. The normalized spacial score (nSPS) is 12.1. The Bertz CT molecular complexity index is 266. The van der Waals surface area contributed by atoms with E-state index in [0.29, 0.717) is 5.69 Å². The molecule has 1 unspecified atom stereocenters. The molecule has 0 aromatic carbocycles. The van der Waals surface area contributed by atoms with E-state index in [1.807, 2.05) is 6.92 Å². The van der Waals surface area contributed by atoms with Crippen molar-refractivity contribution < 1.29 is 4.79 Å². The minimum Gasteiger partial charge on any atom is -0.345 e. The molecule has 0 aliphatic heterocycles. The van der Waals surface area contributed by atoms with Crippen molar-refractivity contribution in [1.29, 1.82) is 0 Å². The van der Waals surface area contributed by atoms with Gasteiger partial charge in [0.15, 0.2) is 0 Å². The number of amides is 1. The van der Waals surface area contributed by atoms with E-state index in [9.17, 15) is 4.79 Å². The summed E-state index contributed by atoms with van der Waals surface area (Å²) in [5.74, 6) is -0.167. The summed E-state index contributed by atoms with van der Waals surface area (Å²) >= 11 is 0. The van der Waals surface area contributed by atoms with E-state index in [4.69, 9.17) is 0 Å². The number of H-pyrrole nitrogens is 1. The SMILES string of the molecule is C=CC(C)NC(=O)c1cnc[nH]1. The number of hydrogen-bond acceptors (Lipinski definition) is 2. The first kappa shape index (κ1) is 8.52. The van der Waals surface area contributed by atoms with Gasteiger partial charge in [-0.05, 0) is 6.92 Å². The van der Waals surface area contributed by atoms with Crippen LogP contribution in [0, 0.1) is 0 Å². The summed E-state index contributed by atoms with van der Waals surface area (Å²) in [5, 5.41) is 2.70. The number of hydrogen-bond donors (Lipinski definition) is 2. The molecular formula is C8H11N3O. The fourth-order valence-electron chi connectivity index (χ4n) is 0.724. The Kier molecular flexibility index (Phi) is 2.63. The van der Waals surface area contributed by atoms with Crippen molar-refractivity contribution in [3.8, 4) is 0 Å². The third-order valence-electron chi connectivity index (χ3n) is 1.46. The van der Waals surface area contributed by atoms with Crippen molar-refractivity contribution in [2.75, 3.05) is 0 Å². The molecule has 1 amide bonds. The van der Waals surface area contributed by atoms with Gasteiger partial charge in [0.25, 0.3) is 5.91 Å². The molecule has 0 aliphatic carbocycles. The van der Waals surface area contributed by atoms with Gasteiger partial charge >= 0.3 is 0 Å². The van der Waals surface area contributed by atoms with Gasteiger partial charge in [-0.15, -0.1) is 6.58 Å². The number of aromatic nitrogens is 2. The van der Waals surface area contributed by atoms with Crippen LogP contribution >= 0.6 is 0 Å². The Morgan fingerprint density at radius 1 is 1.92 bits per heavy atom. The molecular weight excluding hydrogens is 154 g/mol. The Hall–Kier alpha value is -1.58. The van der Waals surface area contributed by atoms with Crippen LogP contribution in [0.25, 0.3) is 0 Å². The van der Waals surface area contributed by atoms with Gasteiger partial charge in [0, 0.05) is 6.04 Å². The smallest absolute Gasteiger partial charge is 0.269 e. The lowest BCUT2D eigenvalue weighted by atomic mass is 10.3.